The molecule has 0 spiro atoms. The minimum Gasteiger partial charge on any atom is -0.488 e. The van der Waals surface area contributed by atoms with Gasteiger partial charge in [-0.1, -0.05) is 65.2 Å². The molecule has 1 saturated heterocycles. The van der Waals surface area contributed by atoms with Crippen LogP contribution in [0.2, 0.25) is 10.0 Å². The van der Waals surface area contributed by atoms with E-state index in [-0.39, 0.29) is 26.4 Å². The average molecular weight is 576 g/mol. The predicted octanol–water partition coefficient (Wildman–Crippen LogP) is 6.47. The Morgan fingerprint density at radius 1 is 1.09 bits per heavy atom. The molecule has 0 bridgehead atoms. The highest BCUT2D eigenvalue weighted by Crippen LogP contribution is 2.35. The van der Waals surface area contributed by atoms with Crippen LogP contribution < -0.4 is 15.0 Å². The molecule has 3 aromatic carbocycles. The molecule has 0 unspecified atom stereocenters. The van der Waals surface area contributed by atoms with E-state index in [2.05, 4.69) is 21.2 Å². The van der Waals surface area contributed by atoms with Gasteiger partial charge in [0, 0.05) is 0 Å². The van der Waals surface area contributed by atoms with E-state index in [1.54, 1.807) is 36.4 Å². The highest BCUT2D eigenvalue weighted by molar-refractivity contribution is 9.10. The number of nitrogens with one attached hydrogen (secondary N) is 1. The van der Waals surface area contributed by atoms with Crippen LogP contribution in [0, 0.1) is 6.92 Å². The zero-order chi connectivity index (χ0) is 24.4. The number of amides is 2. The lowest BCUT2D eigenvalue weighted by Gasteiger charge is -2.29. The summed E-state index contributed by atoms with van der Waals surface area (Å²) in [4.78, 5) is 27.0. The molecular weight excluding hydrogens is 559 g/mol. The fourth-order valence-corrected chi connectivity index (χ4v) is 4.44. The molecule has 0 aliphatic carbocycles. The van der Waals surface area contributed by atoms with Crippen molar-refractivity contribution < 1.29 is 14.3 Å². The number of benzene rings is 3. The van der Waals surface area contributed by atoms with Gasteiger partial charge in [-0.25, -0.2) is 0 Å². The Labute approximate surface area is 220 Å². The maximum absolute atomic E-state index is 13.2. The second kappa shape index (κ2) is 10.3. The first kappa shape index (κ1) is 24.4. The molecule has 0 radical (unpaired) electrons. The molecule has 2 amide bonds. The number of carbonyl (C=O) groups excluding carboxylic acids is 2. The van der Waals surface area contributed by atoms with E-state index in [1.807, 2.05) is 31.2 Å². The molecule has 34 heavy (non-hydrogen) atoms. The Morgan fingerprint density at radius 2 is 1.82 bits per heavy atom. The van der Waals surface area contributed by atoms with Crippen LogP contribution in [-0.4, -0.2) is 16.9 Å². The maximum atomic E-state index is 13.2. The molecule has 1 aliphatic heterocycles. The van der Waals surface area contributed by atoms with Crippen LogP contribution in [0.4, 0.5) is 5.69 Å². The van der Waals surface area contributed by atoms with Gasteiger partial charge in [0.05, 0.1) is 20.2 Å². The lowest BCUT2D eigenvalue weighted by Crippen LogP contribution is -2.54. The molecule has 0 atom stereocenters. The number of hydrogen-bond donors (Lipinski definition) is 1. The summed E-state index contributed by atoms with van der Waals surface area (Å²) in [5.41, 5.74) is 3.04. The van der Waals surface area contributed by atoms with E-state index in [0.29, 0.717) is 22.4 Å². The highest BCUT2D eigenvalue weighted by Gasteiger charge is 2.35. The van der Waals surface area contributed by atoms with Gasteiger partial charge in [0.1, 0.15) is 17.9 Å². The van der Waals surface area contributed by atoms with E-state index >= 15 is 0 Å². The zero-order valence-electron chi connectivity index (χ0n) is 17.8. The van der Waals surface area contributed by atoms with Crippen molar-refractivity contribution in [2.24, 2.45) is 0 Å². The van der Waals surface area contributed by atoms with Crippen molar-refractivity contribution in [1.82, 2.24) is 5.32 Å². The van der Waals surface area contributed by atoms with Gasteiger partial charge in [-0.2, -0.15) is 0 Å². The third-order valence-electron chi connectivity index (χ3n) is 5.06. The van der Waals surface area contributed by atoms with Gasteiger partial charge >= 0.3 is 0 Å². The van der Waals surface area contributed by atoms with E-state index < -0.39 is 11.8 Å². The molecule has 9 heteroatoms. The first-order chi connectivity index (χ1) is 16.2. The highest BCUT2D eigenvalue weighted by atomic mass is 79.9. The van der Waals surface area contributed by atoms with Crippen molar-refractivity contribution >= 4 is 80.0 Å². The topological polar surface area (TPSA) is 58.6 Å². The number of carbonyl (C=O) groups is 2. The van der Waals surface area contributed by atoms with Gasteiger partial charge in [-0.05, 0) is 76.5 Å². The van der Waals surface area contributed by atoms with E-state index in [4.69, 9.17) is 40.2 Å². The largest absolute Gasteiger partial charge is 0.488 e. The number of nitrogens with zero attached hydrogens (tertiary/aromatic N) is 1. The number of hydrogen-bond acceptors (Lipinski definition) is 4. The Morgan fingerprint density at radius 3 is 2.53 bits per heavy atom. The molecule has 3 aromatic rings. The number of rotatable bonds is 5. The molecule has 172 valence electrons. The van der Waals surface area contributed by atoms with Crippen molar-refractivity contribution in [3.63, 3.8) is 0 Å². The third-order valence-corrected chi connectivity index (χ3v) is 6.77. The molecule has 1 fully saturated rings. The minimum atomic E-state index is -0.603. The van der Waals surface area contributed by atoms with E-state index in [1.165, 1.54) is 11.6 Å². The van der Waals surface area contributed by atoms with Crippen LogP contribution in [0.1, 0.15) is 16.7 Å². The summed E-state index contributed by atoms with van der Waals surface area (Å²) in [5, 5.41) is 2.89. The summed E-state index contributed by atoms with van der Waals surface area (Å²) < 4.78 is 6.58. The molecule has 4 rings (SSSR count). The van der Waals surface area contributed by atoms with Gasteiger partial charge in [0.25, 0.3) is 11.8 Å². The van der Waals surface area contributed by atoms with Crippen LogP contribution in [-0.2, 0) is 16.2 Å². The standard InChI is InChI=1S/C25H17BrCl2N2O3S/c1-14-5-7-15(8-6-14)13-33-21-10-9-16(12-18(21)26)11-17-23(31)29-25(34)30(24(17)32)20-4-2-3-19(27)22(20)28/h2-12H,13H2,1H3,(H,29,31,34)/b17-11+. The lowest BCUT2D eigenvalue weighted by atomic mass is 10.1. The summed E-state index contributed by atoms with van der Waals surface area (Å²) in [6.45, 7) is 2.44. The summed E-state index contributed by atoms with van der Waals surface area (Å²) in [6.07, 6.45) is 1.49. The quantitative estimate of drug-likeness (QED) is 0.215. The summed E-state index contributed by atoms with van der Waals surface area (Å²) in [5.74, 6) is -0.565. The molecule has 1 heterocycles. The SMILES string of the molecule is Cc1ccc(COc2ccc(/C=C3\C(=O)NC(=S)N(c4cccc(Cl)c4Cl)C3=O)cc2Br)cc1. The fourth-order valence-electron chi connectivity index (χ4n) is 3.28. The van der Waals surface area contributed by atoms with E-state index in [0.717, 1.165) is 10.5 Å². The predicted molar refractivity (Wildman–Crippen MR) is 142 cm³/mol. The fraction of sp³-hybridized carbons (Fsp3) is 0.0800. The van der Waals surface area contributed by atoms with Crippen LogP contribution in [0.5, 0.6) is 5.75 Å². The molecule has 0 saturated carbocycles. The first-order valence-corrected chi connectivity index (χ1v) is 12.0. The van der Waals surface area contributed by atoms with Gasteiger partial charge in [0.15, 0.2) is 5.11 Å². The summed E-state index contributed by atoms with van der Waals surface area (Å²) >= 11 is 21.1. The van der Waals surface area contributed by atoms with Crippen molar-refractivity contribution in [3.8, 4) is 5.75 Å². The van der Waals surface area contributed by atoms with Crippen molar-refractivity contribution in [3.05, 3.63) is 97.4 Å². The maximum Gasteiger partial charge on any atom is 0.270 e. The van der Waals surface area contributed by atoms with Gasteiger partial charge in [0.2, 0.25) is 0 Å². The second-order valence-corrected chi connectivity index (χ2v) is 9.52. The zero-order valence-corrected chi connectivity index (χ0v) is 21.7. The Balaban J connectivity index is 1.58. The number of halogens is 3. The molecule has 1 N–H and O–H groups in total. The number of thiocarbonyl (C=S) groups is 1. The Hall–Kier alpha value is -2.71. The van der Waals surface area contributed by atoms with Crippen molar-refractivity contribution in [2.45, 2.75) is 13.5 Å². The van der Waals surface area contributed by atoms with Crippen LogP contribution >= 0.6 is 51.3 Å². The molecule has 0 aromatic heterocycles. The second-order valence-electron chi connectivity index (χ2n) is 7.49. The van der Waals surface area contributed by atoms with Gasteiger partial charge in [-0.3, -0.25) is 19.8 Å². The first-order valence-electron chi connectivity index (χ1n) is 10.1. The molecule has 1 aliphatic rings. The number of ether oxygens (including phenoxy) is 1. The minimum absolute atomic E-state index is 0.0719. The Bertz CT molecular complexity index is 1340. The molecular formula is C25H17BrCl2N2O3S. The monoisotopic (exact) mass is 574 g/mol. The number of aryl methyl sites for hydroxylation is 1. The van der Waals surface area contributed by atoms with Crippen LogP contribution in [0.25, 0.3) is 6.08 Å². The average Bonchev–Trinajstić information content (AvgIpc) is 2.80. The summed E-state index contributed by atoms with van der Waals surface area (Å²) in [6, 6.07) is 18.2. The summed E-state index contributed by atoms with van der Waals surface area (Å²) in [7, 11) is 0. The lowest BCUT2D eigenvalue weighted by molar-refractivity contribution is -0.122. The van der Waals surface area contributed by atoms with Crippen molar-refractivity contribution in [2.75, 3.05) is 4.90 Å². The van der Waals surface area contributed by atoms with Crippen molar-refractivity contribution in [1.29, 1.82) is 0 Å². The smallest absolute Gasteiger partial charge is 0.270 e. The normalized spacial score (nSPS) is 15.0. The number of anilines is 1. The van der Waals surface area contributed by atoms with Crippen LogP contribution in [0.15, 0.2) is 70.7 Å². The van der Waals surface area contributed by atoms with Gasteiger partial charge < -0.3 is 4.74 Å². The Kier molecular flexibility index (Phi) is 7.38. The molecule has 5 nitrogen and oxygen atoms in total. The van der Waals surface area contributed by atoms with Crippen LogP contribution in [0.3, 0.4) is 0 Å². The van der Waals surface area contributed by atoms with Gasteiger partial charge in [-0.15, -0.1) is 0 Å². The third kappa shape index (κ3) is 5.18. The van der Waals surface area contributed by atoms with E-state index in [9.17, 15) is 9.59 Å².